The molecule has 1 heterocycles. The molecule has 2 rings (SSSR count). The summed E-state index contributed by atoms with van der Waals surface area (Å²) in [5.74, 6) is -1.36. The van der Waals surface area contributed by atoms with E-state index in [0.29, 0.717) is 12.8 Å². The Kier molecular flexibility index (Phi) is 10.1. The highest BCUT2D eigenvalue weighted by molar-refractivity contribution is 7.86. The summed E-state index contributed by atoms with van der Waals surface area (Å²) in [6.07, 6.45) is 3.75. The SMILES string of the molecule is CCCCCC[C@@H]1C(=O)OC1C[C@@H](COS(=O)(=O)c1ccc(C)cc1)OC(=O)CNC=O. The molecule has 9 nitrogen and oxygen atoms in total. The van der Waals surface area contributed by atoms with Crippen molar-refractivity contribution in [1.82, 2.24) is 5.32 Å². The van der Waals surface area contributed by atoms with Crippen molar-refractivity contribution in [3.8, 4) is 0 Å². The van der Waals surface area contributed by atoms with Crippen LogP contribution in [0.4, 0.5) is 0 Å². The molecule has 1 aromatic rings. The first-order valence-corrected chi connectivity index (χ1v) is 12.2. The molecule has 0 aliphatic carbocycles. The first-order chi connectivity index (χ1) is 15.3. The number of aryl methyl sites for hydroxylation is 1. The highest BCUT2D eigenvalue weighted by atomic mass is 32.2. The fraction of sp³-hybridized carbons (Fsp3) is 0.591. The summed E-state index contributed by atoms with van der Waals surface area (Å²) in [5, 5.41) is 2.19. The highest BCUT2D eigenvalue weighted by Gasteiger charge is 2.43. The third kappa shape index (κ3) is 7.90. The molecular formula is C22H31NO8S. The van der Waals surface area contributed by atoms with Crippen molar-refractivity contribution < 1.29 is 36.5 Å². The smallest absolute Gasteiger partial charge is 0.325 e. The van der Waals surface area contributed by atoms with Crippen LogP contribution in [0.3, 0.4) is 0 Å². The molecule has 178 valence electrons. The van der Waals surface area contributed by atoms with Crippen molar-refractivity contribution in [2.24, 2.45) is 5.92 Å². The fourth-order valence-corrected chi connectivity index (χ4v) is 4.34. The van der Waals surface area contributed by atoms with Gasteiger partial charge in [-0.1, -0.05) is 50.3 Å². The Hall–Kier alpha value is -2.46. The van der Waals surface area contributed by atoms with Crippen molar-refractivity contribution in [3.63, 3.8) is 0 Å². The Morgan fingerprint density at radius 1 is 1.22 bits per heavy atom. The van der Waals surface area contributed by atoms with Crippen molar-refractivity contribution in [2.45, 2.75) is 69.5 Å². The second-order valence-electron chi connectivity index (χ2n) is 7.83. The summed E-state index contributed by atoms with van der Waals surface area (Å²) >= 11 is 0. The number of amides is 1. The van der Waals surface area contributed by atoms with E-state index in [4.69, 9.17) is 13.7 Å². The Morgan fingerprint density at radius 2 is 1.94 bits per heavy atom. The molecule has 1 unspecified atom stereocenters. The van der Waals surface area contributed by atoms with Gasteiger partial charge >= 0.3 is 11.9 Å². The number of unbranched alkanes of at least 4 members (excludes halogenated alkanes) is 3. The molecule has 1 amide bonds. The lowest BCUT2D eigenvalue weighted by Gasteiger charge is -2.37. The van der Waals surface area contributed by atoms with Crippen LogP contribution < -0.4 is 5.32 Å². The lowest BCUT2D eigenvalue weighted by Crippen LogP contribution is -2.48. The van der Waals surface area contributed by atoms with E-state index < -0.39 is 34.9 Å². The molecule has 0 bridgehead atoms. The van der Waals surface area contributed by atoms with Gasteiger partial charge in [-0.05, 0) is 25.5 Å². The van der Waals surface area contributed by atoms with Gasteiger partial charge in [-0.3, -0.25) is 18.6 Å². The summed E-state index contributed by atoms with van der Waals surface area (Å²) in [7, 11) is -4.06. The average Bonchev–Trinajstić information content (AvgIpc) is 2.75. The predicted octanol–water partition coefficient (Wildman–Crippen LogP) is 2.26. The zero-order valence-electron chi connectivity index (χ0n) is 18.4. The molecule has 0 spiro atoms. The summed E-state index contributed by atoms with van der Waals surface area (Å²) in [5.41, 5.74) is 0.898. The molecule has 0 radical (unpaired) electrons. The molecule has 1 saturated heterocycles. The van der Waals surface area contributed by atoms with E-state index in [1.54, 1.807) is 12.1 Å². The zero-order valence-corrected chi connectivity index (χ0v) is 19.3. The lowest BCUT2D eigenvalue weighted by molar-refractivity contribution is -0.190. The number of hydrogen-bond acceptors (Lipinski definition) is 8. The van der Waals surface area contributed by atoms with Crippen molar-refractivity contribution in [2.75, 3.05) is 13.2 Å². The molecule has 1 aliphatic heterocycles. The van der Waals surface area contributed by atoms with E-state index in [1.807, 2.05) is 6.92 Å². The van der Waals surface area contributed by atoms with Crippen LogP contribution in [-0.2, 0) is 38.2 Å². The van der Waals surface area contributed by atoms with Crippen molar-refractivity contribution >= 4 is 28.5 Å². The Morgan fingerprint density at radius 3 is 2.56 bits per heavy atom. The van der Waals surface area contributed by atoms with Crippen LogP contribution in [0.25, 0.3) is 0 Å². The quantitative estimate of drug-likeness (QED) is 0.179. The highest BCUT2D eigenvalue weighted by Crippen LogP contribution is 2.32. The van der Waals surface area contributed by atoms with Gasteiger partial charge in [-0.2, -0.15) is 8.42 Å². The van der Waals surface area contributed by atoms with Crippen LogP contribution in [0.15, 0.2) is 29.2 Å². The zero-order chi connectivity index (χ0) is 23.6. The number of cyclic esters (lactones) is 1. The topological polar surface area (TPSA) is 125 Å². The second kappa shape index (κ2) is 12.5. The predicted molar refractivity (Wildman–Crippen MR) is 115 cm³/mol. The lowest BCUT2D eigenvalue weighted by atomic mass is 9.87. The van der Waals surface area contributed by atoms with Gasteiger partial charge in [0.1, 0.15) is 25.4 Å². The third-order valence-electron chi connectivity index (χ3n) is 5.23. The van der Waals surface area contributed by atoms with E-state index >= 15 is 0 Å². The minimum Gasteiger partial charge on any atom is -0.461 e. The summed E-state index contributed by atoms with van der Waals surface area (Å²) in [4.78, 5) is 34.2. The van der Waals surface area contributed by atoms with E-state index in [-0.39, 0.29) is 29.7 Å². The van der Waals surface area contributed by atoms with Crippen molar-refractivity contribution in [1.29, 1.82) is 0 Å². The van der Waals surface area contributed by atoms with Gasteiger partial charge in [-0.15, -0.1) is 0 Å². The molecule has 1 aliphatic rings. The molecule has 3 atom stereocenters. The van der Waals surface area contributed by atoms with Gasteiger partial charge in [0.25, 0.3) is 10.1 Å². The molecule has 1 N–H and O–H groups in total. The number of hydrogen-bond donors (Lipinski definition) is 1. The molecule has 10 heteroatoms. The number of nitrogens with one attached hydrogen (secondary N) is 1. The molecule has 32 heavy (non-hydrogen) atoms. The minimum atomic E-state index is -4.06. The normalized spacial score (nSPS) is 18.9. The van der Waals surface area contributed by atoms with Crippen LogP contribution in [0.1, 0.15) is 51.0 Å². The van der Waals surface area contributed by atoms with Gasteiger partial charge < -0.3 is 14.8 Å². The number of esters is 2. The van der Waals surface area contributed by atoms with E-state index in [9.17, 15) is 22.8 Å². The maximum atomic E-state index is 12.5. The Labute approximate surface area is 188 Å². The first-order valence-electron chi connectivity index (χ1n) is 10.8. The Bertz CT molecular complexity index is 868. The van der Waals surface area contributed by atoms with Gasteiger partial charge in [0.2, 0.25) is 6.41 Å². The van der Waals surface area contributed by atoms with Gasteiger partial charge in [0.05, 0.1) is 10.8 Å². The second-order valence-corrected chi connectivity index (χ2v) is 9.44. The van der Waals surface area contributed by atoms with Crippen molar-refractivity contribution in [3.05, 3.63) is 29.8 Å². The van der Waals surface area contributed by atoms with E-state index in [1.165, 1.54) is 12.1 Å². The summed E-state index contributed by atoms with van der Waals surface area (Å²) in [6.45, 7) is 3.14. The summed E-state index contributed by atoms with van der Waals surface area (Å²) in [6, 6.07) is 6.16. The van der Waals surface area contributed by atoms with Crippen LogP contribution in [-0.4, -0.2) is 52.1 Å². The number of benzene rings is 1. The third-order valence-corrected chi connectivity index (χ3v) is 6.53. The molecular weight excluding hydrogens is 438 g/mol. The minimum absolute atomic E-state index is 0.0142. The molecule has 0 aromatic heterocycles. The largest absolute Gasteiger partial charge is 0.461 e. The Balaban J connectivity index is 2.00. The fourth-order valence-electron chi connectivity index (χ4n) is 3.41. The van der Waals surface area contributed by atoms with E-state index in [2.05, 4.69) is 12.2 Å². The summed E-state index contributed by atoms with van der Waals surface area (Å²) < 4.78 is 40.6. The monoisotopic (exact) mass is 469 g/mol. The van der Waals surface area contributed by atoms with Crippen LogP contribution in [0.5, 0.6) is 0 Å². The molecule has 0 saturated carbocycles. The van der Waals surface area contributed by atoms with Crippen LogP contribution in [0, 0.1) is 12.8 Å². The van der Waals surface area contributed by atoms with Gasteiger partial charge in [0.15, 0.2) is 0 Å². The average molecular weight is 470 g/mol. The molecule has 1 fully saturated rings. The standard InChI is InChI=1S/C22H31NO8S/c1-3-4-5-6-7-19-20(31-22(19)26)12-17(30-21(25)13-23-15-24)14-29-32(27,28)18-10-8-16(2)9-11-18/h8-11,15,17,19-20H,3-7,12-14H2,1-2H3,(H,23,24)/t17-,19-,20?/m0/s1. The van der Waals surface area contributed by atoms with E-state index in [0.717, 1.165) is 31.2 Å². The number of carbonyl (C=O) groups is 3. The number of ether oxygens (including phenoxy) is 2. The first kappa shape index (κ1) is 25.8. The van der Waals surface area contributed by atoms with Gasteiger partial charge in [-0.25, -0.2) is 0 Å². The maximum absolute atomic E-state index is 12.5. The maximum Gasteiger partial charge on any atom is 0.325 e. The van der Waals surface area contributed by atoms with Crippen LogP contribution in [0.2, 0.25) is 0 Å². The molecule has 1 aromatic carbocycles. The number of carbonyl (C=O) groups excluding carboxylic acids is 3. The van der Waals surface area contributed by atoms with Crippen LogP contribution >= 0.6 is 0 Å². The van der Waals surface area contributed by atoms with Gasteiger partial charge in [0, 0.05) is 6.42 Å². The number of rotatable bonds is 15.